The van der Waals surface area contributed by atoms with E-state index in [0.717, 1.165) is 0 Å². The van der Waals surface area contributed by atoms with Gasteiger partial charge in [0.25, 0.3) is 5.91 Å². The third-order valence-corrected chi connectivity index (χ3v) is 3.05. The number of rotatable bonds is 5. The highest BCUT2D eigenvalue weighted by Gasteiger charge is 2.11. The molecule has 6 heteroatoms. The summed E-state index contributed by atoms with van der Waals surface area (Å²) in [6, 6.07) is 5.09. The molecule has 0 saturated heterocycles. The summed E-state index contributed by atoms with van der Waals surface area (Å²) in [4.78, 5) is 16.5. The molecule has 88 valence electrons. The van der Waals surface area contributed by atoms with Crippen LogP contribution in [-0.2, 0) is 9.57 Å². The predicted molar refractivity (Wildman–Crippen MR) is 64.4 cm³/mol. The third kappa shape index (κ3) is 3.75. The second-order valence-electron chi connectivity index (χ2n) is 2.87. The average molecular weight is 309 g/mol. The van der Waals surface area contributed by atoms with E-state index in [9.17, 15) is 4.79 Å². The average Bonchev–Trinajstić information content (AvgIpc) is 2.28. The summed E-state index contributed by atoms with van der Waals surface area (Å²) in [6.45, 7) is 0.695. The molecule has 16 heavy (non-hydrogen) atoms. The van der Waals surface area contributed by atoms with Gasteiger partial charge in [-0.15, -0.1) is 0 Å². The molecule has 1 aromatic carbocycles. The number of methoxy groups -OCH3 is 1. The van der Waals surface area contributed by atoms with Crippen molar-refractivity contribution in [2.24, 2.45) is 0 Å². The van der Waals surface area contributed by atoms with Crippen LogP contribution in [0.5, 0.6) is 0 Å². The standard InChI is InChI=1S/C10H11BrClNO3/c1-15-5-6-16-13-10(14)7-3-2-4-8(11)9(7)12/h2-4H,5-6H2,1H3,(H,13,14). The molecule has 1 aromatic rings. The number of hydroxylamine groups is 1. The van der Waals surface area contributed by atoms with Gasteiger partial charge in [-0.3, -0.25) is 9.63 Å². The van der Waals surface area contributed by atoms with Gasteiger partial charge in [0.2, 0.25) is 0 Å². The molecule has 1 rings (SSSR count). The number of nitrogens with one attached hydrogen (secondary N) is 1. The molecule has 0 unspecified atom stereocenters. The van der Waals surface area contributed by atoms with E-state index < -0.39 is 0 Å². The van der Waals surface area contributed by atoms with Crippen LogP contribution in [0.1, 0.15) is 10.4 Å². The van der Waals surface area contributed by atoms with Crippen LogP contribution in [0.25, 0.3) is 0 Å². The van der Waals surface area contributed by atoms with Crippen molar-refractivity contribution in [3.63, 3.8) is 0 Å². The second kappa shape index (κ2) is 6.85. The Kier molecular flexibility index (Phi) is 5.76. The number of hydrogen-bond acceptors (Lipinski definition) is 3. The van der Waals surface area contributed by atoms with Gasteiger partial charge in [0.05, 0.1) is 23.8 Å². The van der Waals surface area contributed by atoms with E-state index in [1.165, 1.54) is 0 Å². The summed E-state index contributed by atoms with van der Waals surface area (Å²) in [5.74, 6) is -0.387. The number of benzene rings is 1. The van der Waals surface area contributed by atoms with E-state index in [1.54, 1.807) is 25.3 Å². The molecule has 0 fully saturated rings. The summed E-state index contributed by atoms with van der Waals surface area (Å²) in [7, 11) is 1.55. The lowest BCUT2D eigenvalue weighted by Crippen LogP contribution is -2.25. The summed E-state index contributed by atoms with van der Waals surface area (Å²) in [5, 5.41) is 0.357. The quantitative estimate of drug-likeness (QED) is 0.671. The van der Waals surface area contributed by atoms with E-state index in [0.29, 0.717) is 21.7 Å². The van der Waals surface area contributed by atoms with E-state index in [1.807, 2.05) is 0 Å². The summed E-state index contributed by atoms with van der Waals surface area (Å²) < 4.78 is 5.43. The second-order valence-corrected chi connectivity index (χ2v) is 4.11. The molecule has 0 aromatic heterocycles. The molecule has 0 heterocycles. The Morgan fingerprint density at radius 1 is 1.50 bits per heavy atom. The van der Waals surface area contributed by atoms with Gasteiger partial charge < -0.3 is 4.74 Å². The zero-order valence-corrected chi connectivity index (χ0v) is 11.0. The highest BCUT2D eigenvalue weighted by atomic mass is 79.9. The van der Waals surface area contributed by atoms with Crippen molar-refractivity contribution in [1.82, 2.24) is 5.48 Å². The van der Waals surface area contributed by atoms with Crippen LogP contribution >= 0.6 is 27.5 Å². The molecule has 0 spiro atoms. The first kappa shape index (κ1) is 13.4. The zero-order chi connectivity index (χ0) is 12.0. The number of carbonyl (C=O) groups excluding carboxylic acids is 1. The minimum atomic E-state index is -0.387. The summed E-state index contributed by atoms with van der Waals surface area (Å²) in [6.07, 6.45) is 0. The van der Waals surface area contributed by atoms with Crippen molar-refractivity contribution in [3.05, 3.63) is 33.3 Å². The number of ether oxygens (including phenoxy) is 1. The van der Waals surface area contributed by atoms with Crippen molar-refractivity contribution < 1.29 is 14.4 Å². The van der Waals surface area contributed by atoms with Crippen molar-refractivity contribution in [2.45, 2.75) is 0 Å². The topological polar surface area (TPSA) is 47.6 Å². The fourth-order valence-electron chi connectivity index (χ4n) is 0.976. The lowest BCUT2D eigenvalue weighted by Gasteiger charge is -2.07. The van der Waals surface area contributed by atoms with Gasteiger partial charge in [-0.2, -0.15) is 0 Å². The Morgan fingerprint density at radius 2 is 2.25 bits per heavy atom. The Morgan fingerprint density at radius 3 is 2.94 bits per heavy atom. The molecule has 0 aliphatic rings. The lowest BCUT2D eigenvalue weighted by molar-refractivity contribution is 0.00889. The highest BCUT2D eigenvalue weighted by Crippen LogP contribution is 2.25. The van der Waals surface area contributed by atoms with Crippen molar-refractivity contribution in [2.75, 3.05) is 20.3 Å². The predicted octanol–water partition coefficient (Wildman–Crippen LogP) is 2.41. The van der Waals surface area contributed by atoms with Crippen molar-refractivity contribution in [3.8, 4) is 0 Å². The van der Waals surface area contributed by atoms with Crippen LogP contribution in [0.15, 0.2) is 22.7 Å². The van der Waals surface area contributed by atoms with Gasteiger partial charge in [-0.25, -0.2) is 5.48 Å². The molecule has 0 bridgehead atoms. The van der Waals surface area contributed by atoms with E-state index >= 15 is 0 Å². The van der Waals surface area contributed by atoms with Gasteiger partial charge in [-0.05, 0) is 28.1 Å². The third-order valence-electron chi connectivity index (χ3n) is 1.75. The number of amides is 1. The molecular weight excluding hydrogens is 297 g/mol. The molecule has 0 radical (unpaired) electrons. The first-order chi connectivity index (χ1) is 7.66. The minimum Gasteiger partial charge on any atom is -0.382 e. The maximum atomic E-state index is 11.6. The maximum absolute atomic E-state index is 11.6. The molecule has 1 N–H and O–H groups in total. The lowest BCUT2D eigenvalue weighted by atomic mass is 10.2. The van der Waals surface area contributed by atoms with Crippen LogP contribution in [0.3, 0.4) is 0 Å². The van der Waals surface area contributed by atoms with Crippen LogP contribution in [0.2, 0.25) is 5.02 Å². The fraction of sp³-hybridized carbons (Fsp3) is 0.300. The van der Waals surface area contributed by atoms with Gasteiger partial charge in [-0.1, -0.05) is 17.7 Å². The number of halogens is 2. The largest absolute Gasteiger partial charge is 0.382 e. The highest BCUT2D eigenvalue weighted by molar-refractivity contribution is 9.10. The zero-order valence-electron chi connectivity index (χ0n) is 8.63. The first-order valence-electron chi connectivity index (χ1n) is 4.52. The van der Waals surface area contributed by atoms with Crippen molar-refractivity contribution in [1.29, 1.82) is 0 Å². The monoisotopic (exact) mass is 307 g/mol. The normalized spacial score (nSPS) is 10.2. The maximum Gasteiger partial charge on any atom is 0.276 e. The van der Waals surface area contributed by atoms with Crippen LogP contribution in [0.4, 0.5) is 0 Å². The molecule has 1 amide bonds. The molecule has 0 atom stereocenters. The van der Waals surface area contributed by atoms with Crippen molar-refractivity contribution >= 4 is 33.4 Å². The molecule has 4 nitrogen and oxygen atoms in total. The van der Waals surface area contributed by atoms with E-state index in [-0.39, 0.29) is 12.5 Å². The van der Waals surface area contributed by atoms with Crippen LogP contribution in [-0.4, -0.2) is 26.2 Å². The van der Waals surface area contributed by atoms with Crippen LogP contribution < -0.4 is 5.48 Å². The number of hydrogen-bond donors (Lipinski definition) is 1. The summed E-state index contributed by atoms with van der Waals surface area (Å²) in [5.41, 5.74) is 2.63. The Labute approximate surface area is 107 Å². The van der Waals surface area contributed by atoms with Gasteiger partial charge in [0.1, 0.15) is 0 Å². The number of carbonyl (C=O) groups is 1. The van der Waals surface area contributed by atoms with E-state index in [4.69, 9.17) is 21.2 Å². The Bertz CT molecular complexity index is 373. The molecule has 0 aliphatic carbocycles. The molecule has 0 saturated carbocycles. The Balaban J connectivity index is 2.56. The SMILES string of the molecule is COCCONC(=O)c1cccc(Br)c1Cl. The molecule has 0 aliphatic heterocycles. The van der Waals surface area contributed by atoms with Gasteiger partial charge >= 0.3 is 0 Å². The molecular formula is C10H11BrClNO3. The minimum absolute atomic E-state index is 0.286. The van der Waals surface area contributed by atoms with Gasteiger partial charge in [0, 0.05) is 11.6 Å². The van der Waals surface area contributed by atoms with E-state index in [2.05, 4.69) is 21.4 Å². The van der Waals surface area contributed by atoms with Crippen LogP contribution in [0, 0.1) is 0 Å². The smallest absolute Gasteiger partial charge is 0.276 e. The Hall–Kier alpha value is -0.620. The van der Waals surface area contributed by atoms with Gasteiger partial charge in [0.15, 0.2) is 0 Å². The summed E-state index contributed by atoms with van der Waals surface area (Å²) >= 11 is 9.17. The fourth-order valence-corrected chi connectivity index (χ4v) is 1.55. The first-order valence-corrected chi connectivity index (χ1v) is 5.69.